The number of rotatable bonds is 29. The van der Waals surface area contributed by atoms with Gasteiger partial charge in [0.25, 0.3) is 23.6 Å². The molecule has 23 nitrogen and oxygen atoms in total. The van der Waals surface area contributed by atoms with E-state index in [0.717, 1.165) is 38.9 Å². The predicted octanol–water partition coefficient (Wildman–Crippen LogP) is 23.9. The number of halogens is 9. The molecule has 0 spiro atoms. The van der Waals surface area contributed by atoms with Crippen LogP contribution in [0.2, 0.25) is 53.5 Å². The maximum Gasteiger partial charge on any atom is 0.274 e. The Morgan fingerprint density at radius 3 is 1.06 bits per heavy atom. The molecule has 0 fully saturated rings. The van der Waals surface area contributed by atoms with Crippen LogP contribution in [0.5, 0.6) is 23.0 Å². The fourth-order valence-electron chi connectivity index (χ4n) is 16.3. The summed E-state index contributed by atoms with van der Waals surface area (Å²) in [7, 11) is 0. The summed E-state index contributed by atoms with van der Waals surface area (Å²) in [5.41, 5.74) is 6.00. The van der Waals surface area contributed by atoms with Crippen LogP contribution in [0.15, 0.2) is 253 Å². The van der Waals surface area contributed by atoms with E-state index in [2.05, 4.69) is 52.0 Å². The Hall–Kier alpha value is -10.1. The van der Waals surface area contributed by atoms with E-state index in [4.69, 9.17) is 112 Å². The van der Waals surface area contributed by atoms with E-state index >= 15 is 0 Å². The third kappa shape index (κ3) is 25.8. The smallest absolute Gasteiger partial charge is 0.274 e. The minimum absolute atomic E-state index is 0.00776. The molecule has 0 saturated heterocycles. The second kappa shape index (κ2) is 49.4. The number of carbonyl (C=O) groups excluding carboxylic acids is 4. The summed E-state index contributed by atoms with van der Waals surface area (Å²) in [5, 5.41) is 20.8. The fraction of sp³-hybridized carbons (Fsp3) is 0.265. The molecule has 4 amide bonds. The van der Waals surface area contributed by atoms with Crippen LogP contribution in [0.4, 0.5) is 0 Å². The molecule has 4 aliphatic heterocycles. The van der Waals surface area contributed by atoms with Crippen LogP contribution in [0.1, 0.15) is 140 Å². The number of carbonyl (C=O) groups is 4. The van der Waals surface area contributed by atoms with Gasteiger partial charge in [-0.25, -0.2) is 9.97 Å². The minimum atomic E-state index is -2.12. The van der Waals surface area contributed by atoms with Crippen LogP contribution in [0.25, 0.3) is 21.1 Å². The average Bonchev–Trinajstić information content (AvgIpc) is 0.945. The summed E-state index contributed by atoms with van der Waals surface area (Å²) in [4.78, 5) is 124. The second-order valence-corrected chi connectivity index (χ2v) is 53.8. The molecular formula is C102H96BrCl8N11O12S3Sn. The number of pyridine rings is 4. The van der Waals surface area contributed by atoms with Crippen LogP contribution >= 0.6 is 143 Å². The molecule has 0 aliphatic carbocycles. The zero-order chi connectivity index (χ0) is 97.7. The Balaban J connectivity index is 0.000000139. The van der Waals surface area contributed by atoms with Gasteiger partial charge in [0.05, 0.1) is 55.8 Å². The molecule has 0 unspecified atom stereocenters. The number of thiazole rings is 3. The van der Waals surface area contributed by atoms with Crippen molar-refractivity contribution in [1.82, 2.24) is 52.8 Å². The van der Waals surface area contributed by atoms with Gasteiger partial charge in [0.1, 0.15) is 29.8 Å². The van der Waals surface area contributed by atoms with E-state index < -0.39 is 35.5 Å². The van der Waals surface area contributed by atoms with Crippen molar-refractivity contribution in [2.75, 3.05) is 26.2 Å². The summed E-state index contributed by atoms with van der Waals surface area (Å²) in [6.45, 7) is 13.0. The standard InChI is InChI=1S/C25H19Cl2N3O3S.C22H17BrCl2N2O3.C22H18Cl2N2O3.C18H13Cl2N3O3S.3C4H9.C3H2NS.Sn/c26-19-7-6-17(12-20(19)27)13-30-10-9-29-14-18(24-28-8-11-34-24)22(31)23(21(29)25(30)32)33-15-16-4-2-1-3-5-16;23-16-12-26-8-9-27(11-15-6-7-17(24)18(25)10-15)22(29)19(26)21(20(16)28)30-13-14-4-2-1-3-5-14;23-17-7-6-16(12-18(17)24)13-26-11-10-25-9-8-19(27)21(20(25)22(26)28)29-14-15-4-2-1-3-5-15;19-12-2-1-10(7-13(12)20)8-23-5-4-22-9-11(17-21-3-6-27-17)15(24)16(25)14(22)18(23)26;3*1-3-4-2;1-2-5-3-4-1;/h1-8,11-12,14H,9-10,13,15H2;1-7,10,12H,8-9,11,13H2;1-9,12H,10-11,13-14H2;1-3,6-7,9,25H,4-5,8H2;3*1,3-4H2,2H3;1-2H;. The minimum Gasteiger partial charge on any atom is -0.503 e. The van der Waals surface area contributed by atoms with Gasteiger partial charge in [0, 0.05) is 133 Å². The quantitative estimate of drug-likeness (QED) is 0.0428. The van der Waals surface area contributed by atoms with Gasteiger partial charge in [-0.3, -0.25) is 38.4 Å². The van der Waals surface area contributed by atoms with Crippen molar-refractivity contribution in [1.29, 1.82) is 0 Å². The topological polar surface area (TPSA) is 256 Å². The van der Waals surface area contributed by atoms with Gasteiger partial charge in [-0.1, -0.05) is 208 Å². The number of amides is 4. The molecule has 716 valence electrons. The van der Waals surface area contributed by atoms with Gasteiger partial charge in [-0.05, 0) is 103 Å². The molecule has 0 bridgehead atoms. The van der Waals surface area contributed by atoms with Crippen LogP contribution < -0.4 is 38.9 Å². The first-order chi connectivity index (χ1) is 66.7. The largest absolute Gasteiger partial charge is 0.503 e. The predicted molar refractivity (Wildman–Crippen MR) is 558 cm³/mol. The first kappa shape index (κ1) is 104. The number of hydrogen-bond donors (Lipinski definition) is 1. The average molecular weight is 2250 g/mol. The Morgan fingerprint density at radius 2 is 0.696 bits per heavy atom. The van der Waals surface area contributed by atoms with E-state index in [1.807, 2.05) is 132 Å². The van der Waals surface area contributed by atoms with Gasteiger partial charge in [0.2, 0.25) is 21.7 Å². The third-order valence-electron chi connectivity index (χ3n) is 23.6. The number of fused-ring (bicyclic) bond motifs is 4. The van der Waals surface area contributed by atoms with Crippen molar-refractivity contribution in [3.63, 3.8) is 0 Å². The summed E-state index contributed by atoms with van der Waals surface area (Å²) < 4.78 is 31.2. The molecule has 36 heteroatoms. The van der Waals surface area contributed by atoms with Gasteiger partial charge in [0.15, 0.2) is 45.8 Å². The Labute approximate surface area is 862 Å². The zero-order valence-electron chi connectivity index (χ0n) is 75.4. The van der Waals surface area contributed by atoms with Crippen molar-refractivity contribution >= 4 is 188 Å². The van der Waals surface area contributed by atoms with Gasteiger partial charge < -0.3 is 57.2 Å². The molecule has 14 aromatic rings. The Kier molecular flexibility index (Phi) is 37.1. The van der Waals surface area contributed by atoms with Crippen molar-refractivity contribution in [3.8, 4) is 44.1 Å². The molecule has 1 N–H and O–H groups in total. The van der Waals surface area contributed by atoms with E-state index in [0.29, 0.717) is 139 Å². The molecular weight excluding hydrogens is 2150 g/mol. The van der Waals surface area contributed by atoms with Crippen LogP contribution in [0, 0.1) is 0 Å². The summed E-state index contributed by atoms with van der Waals surface area (Å²) in [6, 6.07) is 51.0. The van der Waals surface area contributed by atoms with Gasteiger partial charge >= 0.3 is 122 Å². The Morgan fingerprint density at radius 1 is 0.362 bits per heavy atom. The fourth-order valence-corrected chi connectivity index (χ4v) is 38.5. The monoisotopic (exact) mass is 2240 g/mol. The summed E-state index contributed by atoms with van der Waals surface area (Å²) in [5.74, 6) is -1.57. The maximum absolute atomic E-state index is 13.6. The van der Waals surface area contributed by atoms with E-state index in [9.17, 15) is 43.5 Å². The van der Waals surface area contributed by atoms with Crippen molar-refractivity contribution in [2.24, 2.45) is 0 Å². The van der Waals surface area contributed by atoms with E-state index in [1.54, 1.807) is 151 Å². The zero-order valence-corrected chi connectivity index (χ0v) is 88.3. The molecule has 11 heterocycles. The number of unbranched alkanes of at least 4 members (excludes halogenated alkanes) is 3. The molecule has 0 atom stereocenters. The van der Waals surface area contributed by atoms with Gasteiger partial charge in [-0.2, -0.15) is 0 Å². The summed E-state index contributed by atoms with van der Waals surface area (Å²) in [6.07, 6.45) is 20.2. The summed E-state index contributed by atoms with van der Waals surface area (Å²) >= 11 is 54.1. The number of ether oxygens (including phenoxy) is 3. The molecule has 138 heavy (non-hydrogen) atoms. The first-order valence-electron chi connectivity index (χ1n) is 44.7. The van der Waals surface area contributed by atoms with E-state index in [1.165, 1.54) is 67.3 Å². The van der Waals surface area contributed by atoms with Crippen LogP contribution in [-0.2, 0) is 72.2 Å². The number of benzene rings is 7. The van der Waals surface area contributed by atoms with Crippen LogP contribution in [-0.4, -0.2) is 126 Å². The van der Waals surface area contributed by atoms with Crippen molar-refractivity contribution in [2.45, 2.75) is 145 Å². The van der Waals surface area contributed by atoms with Gasteiger partial charge in [-0.15, -0.1) is 22.7 Å². The molecule has 4 aliphatic rings. The maximum atomic E-state index is 13.6. The molecule has 7 aromatic carbocycles. The first-order valence-corrected chi connectivity index (χ1v) is 58.7. The van der Waals surface area contributed by atoms with Crippen molar-refractivity contribution < 1.29 is 38.5 Å². The number of aromatic nitrogens is 7. The van der Waals surface area contributed by atoms with Crippen LogP contribution in [0.3, 0.4) is 0 Å². The number of nitrogens with zero attached hydrogens (tertiary/aromatic N) is 11. The SMILES string of the molecule is CCC[CH2][Sn]([CH2]CCC)([CH2]CCC)[c]1nccs1.O=C1c2c(O)c(=O)c(-c3nccs3)cn2CCN1Cc1ccc(Cl)c(Cl)c1.O=C1c2c(OCc3ccccc3)c(=O)c(-c3nccs3)cn2CCN1Cc1ccc(Cl)c(Cl)c1.O=C1c2c(OCc3ccccc3)c(=O)c(Br)cn2CCN1Cc1ccc(Cl)c(Cl)c1.O=C1c2c(OCc3ccccc3)c(=O)ccn2CCN1Cc1ccc(Cl)c(Cl)c1. The second-order valence-electron chi connectivity index (χ2n) is 33.1. The molecule has 0 radical (unpaired) electrons. The number of aromatic hydroxyl groups is 1. The third-order valence-corrected chi connectivity index (χ3v) is 47.4. The Bertz CT molecular complexity index is 6890. The normalized spacial score (nSPS) is 13.2. The van der Waals surface area contributed by atoms with Crippen molar-refractivity contribution in [3.05, 3.63) is 377 Å². The number of hydrogen-bond acceptors (Lipinski definition) is 18. The van der Waals surface area contributed by atoms with E-state index in [-0.39, 0.29) is 99.4 Å². The molecule has 7 aromatic heterocycles. The molecule has 18 rings (SSSR count). The molecule has 0 saturated carbocycles.